The number of rotatable bonds is 2. The van der Waals surface area contributed by atoms with Gasteiger partial charge in [0.15, 0.2) is 0 Å². The summed E-state index contributed by atoms with van der Waals surface area (Å²) in [5.41, 5.74) is -0.179. The molecule has 1 aromatic rings. The second-order valence-corrected chi connectivity index (χ2v) is 5.58. The Hall–Kier alpha value is -1.62. The Labute approximate surface area is 106 Å². The summed E-state index contributed by atoms with van der Waals surface area (Å²) in [6, 6.07) is 1.66. The van der Waals surface area contributed by atoms with E-state index in [1.165, 1.54) is 0 Å². The van der Waals surface area contributed by atoms with Crippen molar-refractivity contribution in [3.05, 3.63) is 24.0 Å². The van der Waals surface area contributed by atoms with Crippen LogP contribution < -0.4 is 5.32 Å². The fourth-order valence-electron chi connectivity index (χ4n) is 1.68. The molecular weight excluding hydrogens is 232 g/mol. The lowest BCUT2D eigenvalue weighted by Gasteiger charge is -2.21. The fourth-order valence-corrected chi connectivity index (χ4v) is 1.68. The highest BCUT2D eigenvalue weighted by molar-refractivity contribution is 5.86. The first-order valence-electron chi connectivity index (χ1n) is 5.97. The smallest absolute Gasteiger partial charge is 0.412 e. The second kappa shape index (κ2) is 4.24. The number of nitrogens with zero attached hydrogens (tertiary/aromatic N) is 1. The summed E-state index contributed by atoms with van der Waals surface area (Å²) in [4.78, 5) is 15.7. The number of ether oxygens (including phenoxy) is 1. The van der Waals surface area contributed by atoms with Crippen molar-refractivity contribution in [2.24, 2.45) is 0 Å². The molecule has 0 bridgehead atoms. The van der Waals surface area contributed by atoms with Gasteiger partial charge in [0.25, 0.3) is 0 Å². The van der Waals surface area contributed by atoms with Crippen LogP contribution in [0.1, 0.15) is 39.2 Å². The molecule has 0 spiro atoms. The number of hydrogen-bond donors (Lipinski definition) is 2. The van der Waals surface area contributed by atoms with E-state index in [9.17, 15) is 9.90 Å². The molecule has 0 unspecified atom stereocenters. The molecule has 0 aromatic carbocycles. The number of carbonyl (C=O) groups is 1. The first-order chi connectivity index (χ1) is 8.30. The van der Waals surface area contributed by atoms with Crippen LogP contribution in [0.3, 0.4) is 0 Å². The van der Waals surface area contributed by atoms with Crippen molar-refractivity contribution in [1.29, 1.82) is 0 Å². The highest BCUT2D eigenvalue weighted by atomic mass is 16.6. The van der Waals surface area contributed by atoms with Gasteiger partial charge in [0.05, 0.1) is 11.3 Å². The van der Waals surface area contributed by atoms with Gasteiger partial charge in [-0.1, -0.05) is 0 Å². The van der Waals surface area contributed by atoms with E-state index in [0.29, 0.717) is 24.1 Å². The lowest BCUT2D eigenvalue weighted by atomic mass is 10.1. The number of carbonyl (C=O) groups excluding carboxylic acids is 1. The maximum Gasteiger partial charge on any atom is 0.412 e. The number of nitrogens with one attached hydrogen (secondary N) is 1. The zero-order valence-corrected chi connectivity index (χ0v) is 10.9. The van der Waals surface area contributed by atoms with Crippen LogP contribution in [0.2, 0.25) is 0 Å². The monoisotopic (exact) mass is 250 g/mol. The van der Waals surface area contributed by atoms with Crippen molar-refractivity contribution in [1.82, 2.24) is 4.98 Å². The Balaban J connectivity index is 2.12. The van der Waals surface area contributed by atoms with Gasteiger partial charge in [-0.3, -0.25) is 10.3 Å². The minimum Gasteiger partial charge on any atom is -0.444 e. The number of anilines is 1. The molecule has 1 aromatic heterocycles. The summed E-state index contributed by atoms with van der Waals surface area (Å²) < 4.78 is 5.18. The van der Waals surface area contributed by atoms with Crippen LogP contribution in [0.25, 0.3) is 0 Å². The van der Waals surface area contributed by atoms with Crippen LogP contribution in [0, 0.1) is 0 Å². The third-order valence-electron chi connectivity index (χ3n) is 2.68. The summed E-state index contributed by atoms with van der Waals surface area (Å²) in [5.74, 6) is 0. The molecule has 1 aliphatic rings. The maximum absolute atomic E-state index is 11.7. The van der Waals surface area contributed by atoms with Gasteiger partial charge in [0.1, 0.15) is 5.60 Å². The molecule has 1 saturated carbocycles. The molecule has 5 nitrogen and oxygen atoms in total. The lowest BCUT2D eigenvalue weighted by molar-refractivity contribution is 0.0635. The Kier molecular flexibility index (Phi) is 3.02. The topological polar surface area (TPSA) is 71.5 Å². The molecule has 1 aliphatic carbocycles. The van der Waals surface area contributed by atoms with Crippen molar-refractivity contribution in [2.75, 3.05) is 5.32 Å². The van der Waals surface area contributed by atoms with Crippen LogP contribution >= 0.6 is 0 Å². The van der Waals surface area contributed by atoms with Crippen molar-refractivity contribution in [2.45, 2.75) is 44.8 Å². The summed E-state index contributed by atoms with van der Waals surface area (Å²) >= 11 is 0. The maximum atomic E-state index is 11.7. The SMILES string of the molecule is CC(C)(C)OC(=O)Nc1ccncc1C1(O)CC1. The fraction of sp³-hybridized carbons (Fsp3) is 0.538. The minimum atomic E-state index is -0.835. The average Bonchev–Trinajstić information content (AvgIpc) is 2.95. The van der Waals surface area contributed by atoms with E-state index < -0.39 is 17.3 Å². The van der Waals surface area contributed by atoms with Gasteiger partial charge in [-0.05, 0) is 39.7 Å². The van der Waals surface area contributed by atoms with Crippen LogP contribution in [-0.4, -0.2) is 21.8 Å². The third-order valence-corrected chi connectivity index (χ3v) is 2.68. The zero-order chi connectivity index (χ0) is 13.4. The van der Waals surface area contributed by atoms with Gasteiger partial charge in [0, 0.05) is 18.0 Å². The molecule has 0 atom stereocenters. The molecule has 0 saturated heterocycles. The van der Waals surface area contributed by atoms with Gasteiger partial charge in [-0.2, -0.15) is 0 Å². The van der Waals surface area contributed by atoms with Crippen molar-refractivity contribution < 1.29 is 14.6 Å². The number of aliphatic hydroxyl groups is 1. The lowest BCUT2D eigenvalue weighted by Crippen LogP contribution is -2.28. The molecule has 0 radical (unpaired) electrons. The predicted molar refractivity (Wildman–Crippen MR) is 67.2 cm³/mol. The quantitative estimate of drug-likeness (QED) is 0.845. The van der Waals surface area contributed by atoms with Gasteiger partial charge in [-0.25, -0.2) is 4.79 Å². The number of aromatic nitrogens is 1. The second-order valence-electron chi connectivity index (χ2n) is 5.58. The summed E-state index contributed by atoms with van der Waals surface area (Å²) in [5, 5.41) is 12.7. The Morgan fingerprint density at radius 2 is 2.17 bits per heavy atom. The molecule has 2 N–H and O–H groups in total. The van der Waals surface area contributed by atoms with E-state index in [2.05, 4.69) is 10.3 Å². The zero-order valence-electron chi connectivity index (χ0n) is 10.9. The molecule has 1 fully saturated rings. The normalized spacial score (nSPS) is 17.1. The van der Waals surface area contributed by atoms with Crippen LogP contribution in [0.5, 0.6) is 0 Å². The molecule has 0 aliphatic heterocycles. The van der Waals surface area contributed by atoms with Crippen LogP contribution in [0.4, 0.5) is 10.5 Å². The molecule has 1 heterocycles. The highest BCUT2D eigenvalue weighted by Crippen LogP contribution is 2.47. The molecule has 2 rings (SSSR count). The molecule has 1 amide bonds. The summed E-state index contributed by atoms with van der Waals surface area (Å²) in [6.07, 6.45) is 4.02. The van der Waals surface area contributed by atoms with Gasteiger partial charge < -0.3 is 9.84 Å². The standard InChI is InChI=1S/C13H18N2O3/c1-12(2,3)18-11(16)15-10-4-7-14-8-9(10)13(17)5-6-13/h4,7-8,17H,5-6H2,1-3H3,(H,14,15,16). The summed E-state index contributed by atoms with van der Waals surface area (Å²) in [6.45, 7) is 5.40. The van der Waals surface area contributed by atoms with Crippen molar-refractivity contribution in [3.63, 3.8) is 0 Å². The van der Waals surface area contributed by atoms with Gasteiger partial charge in [0.2, 0.25) is 0 Å². The number of hydrogen-bond acceptors (Lipinski definition) is 4. The summed E-state index contributed by atoms with van der Waals surface area (Å²) in [7, 11) is 0. The third kappa shape index (κ3) is 2.98. The Morgan fingerprint density at radius 3 is 2.72 bits per heavy atom. The minimum absolute atomic E-state index is 0.529. The number of pyridine rings is 1. The van der Waals surface area contributed by atoms with Crippen LogP contribution in [0.15, 0.2) is 18.5 Å². The van der Waals surface area contributed by atoms with Crippen LogP contribution in [-0.2, 0) is 10.3 Å². The number of amides is 1. The molecule has 5 heteroatoms. The van der Waals surface area contributed by atoms with Gasteiger partial charge >= 0.3 is 6.09 Å². The van der Waals surface area contributed by atoms with E-state index in [-0.39, 0.29) is 0 Å². The van der Waals surface area contributed by atoms with Gasteiger partial charge in [-0.15, -0.1) is 0 Å². The van der Waals surface area contributed by atoms with E-state index >= 15 is 0 Å². The van der Waals surface area contributed by atoms with E-state index in [0.717, 1.165) is 0 Å². The largest absolute Gasteiger partial charge is 0.444 e. The van der Waals surface area contributed by atoms with E-state index in [4.69, 9.17) is 4.74 Å². The average molecular weight is 250 g/mol. The van der Waals surface area contributed by atoms with Crippen molar-refractivity contribution >= 4 is 11.8 Å². The molecular formula is C13H18N2O3. The highest BCUT2D eigenvalue weighted by Gasteiger charge is 2.44. The first kappa shape index (κ1) is 12.8. The molecule has 98 valence electrons. The van der Waals surface area contributed by atoms with E-state index in [1.807, 2.05) is 0 Å². The first-order valence-corrected chi connectivity index (χ1v) is 5.97. The predicted octanol–water partition coefficient (Wildman–Crippen LogP) is 2.41. The Morgan fingerprint density at radius 1 is 1.50 bits per heavy atom. The van der Waals surface area contributed by atoms with E-state index in [1.54, 1.807) is 39.2 Å². The molecule has 18 heavy (non-hydrogen) atoms. The van der Waals surface area contributed by atoms with Crippen molar-refractivity contribution in [3.8, 4) is 0 Å². The Bertz CT molecular complexity index is 462.